The third-order valence-electron chi connectivity index (χ3n) is 1.15. The Balaban J connectivity index is -0.000000189. The Labute approximate surface area is 96.7 Å². The van der Waals surface area contributed by atoms with Gasteiger partial charge >= 0.3 is 27.9 Å². The molecule has 0 saturated heterocycles. The van der Waals surface area contributed by atoms with Crippen LogP contribution in [0.25, 0.3) is 0 Å². The van der Waals surface area contributed by atoms with Crippen LogP contribution in [0.15, 0.2) is 24.3 Å². The fourth-order valence-corrected chi connectivity index (χ4v) is 0.650. The fourth-order valence-electron chi connectivity index (χ4n) is 0.650. The Hall–Kier alpha value is 1.05. The van der Waals surface area contributed by atoms with E-state index < -0.39 is 0 Å². The van der Waals surface area contributed by atoms with Gasteiger partial charge in [0.2, 0.25) is 0 Å². The second-order valence-electron chi connectivity index (χ2n) is 1.74. The summed E-state index contributed by atoms with van der Waals surface area (Å²) < 4.78 is 0. The summed E-state index contributed by atoms with van der Waals surface area (Å²) in [7, 11) is 0. The van der Waals surface area contributed by atoms with Crippen LogP contribution in [-0.4, -0.2) is 0 Å². The first-order chi connectivity index (χ1) is 4.93. The number of halogens is 1. The monoisotopic (exact) mass is 310 g/mol. The standard InChI is InChI=1S/C8H9.BrH.Ni.2H3P/c1-2-8-6-4-3-5-7-8;;;;/h3-6H,2H2,1H3;1H;;2*1H3/q-1;;+1;;/p-1. The number of rotatable bonds is 1. The van der Waals surface area contributed by atoms with E-state index >= 15 is 0 Å². The quantitative estimate of drug-likeness (QED) is 0.425. The van der Waals surface area contributed by atoms with Crippen LogP contribution in [0.2, 0.25) is 0 Å². The van der Waals surface area contributed by atoms with Gasteiger partial charge in [0, 0.05) is 0 Å². The van der Waals surface area contributed by atoms with E-state index in [1.807, 2.05) is 18.2 Å². The van der Waals surface area contributed by atoms with Gasteiger partial charge in [0.25, 0.3) is 0 Å². The van der Waals surface area contributed by atoms with Crippen LogP contribution in [0.3, 0.4) is 0 Å². The Kier molecular flexibility index (Phi) is 22.8. The van der Waals surface area contributed by atoms with E-state index in [9.17, 15) is 0 Å². The zero-order valence-corrected chi connectivity index (χ0v) is 12.5. The first kappa shape index (κ1) is 18.8. The average Bonchev–Trinajstić information content (AvgIpc) is 2.10. The number of hydrogen-bond acceptors (Lipinski definition) is 0. The van der Waals surface area contributed by atoms with Gasteiger partial charge in [0.1, 0.15) is 0 Å². The molecule has 0 amide bonds. The molecule has 1 aromatic carbocycles. The van der Waals surface area contributed by atoms with Crippen LogP contribution in [0.5, 0.6) is 0 Å². The Morgan fingerprint density at radius 1 is 1.33 bits per heavy atom. The molecule has 0 saturated carbocycles. The van der Waals surface area contributed by atoms with E-state index in [2.05, 4.69) is 47.0 Å². The molecule has 2 atom stereocenters. The summed E-state index contributed by atoms with van der Waals surface area (Å²) in [4.78, 5) is 0. The molecule has 0 aromatic heterocycles. The molecule has 12 heavy (non-hydrogen) atoms. The van der Waals surface area contributed by atoms with E-state index in [4.69, 9.17) is 0 Å². The molecule has 2 unspecified atom stereocenters. The van der Waals surface area contributed by atoms with Gasteiger partial charge in [0.15, 0.2) is 0 Å². The molecule has 0 bridgehead atoms. The number of hydrogen-bond donors (Lipinski definition) is 0. The van der Waals surface area contributed by atoms with Crippen LogP contribution in [0.4, 0.5) is 0 Å². The van der Waals surface area contributed by atoms with Gasteiger partial charge < -0.3 is 0 Å². The SMILES string of the molecule is CCc1[c-]cccc1.P.P.[Ni][Br]. The molecular weight excluding hydrogens is 297 g/mol. The second kappa shape index (κ2) is 14.6. The maximum absolute atomic E-state index is 3.69. The van der Waals surface area contributed by atoms with Crippen molar-refractivity contribution >= 4 is 34.0 Å². The molecule has 0 N–H and O–H groups in total. The van der Waals surface area contributed by atoms with E-state index in [0.29, 0.717) is 0 Å². The summed E-state index contributed by atoms with van der Waals surface area (Å²) in [5.74, 6) is 0. The minimum absolute atomic E-state index is 0. The number of aryl methyl sites for hydroxylation is 1. The third-order valence-corrected chi connectivity index (χ3v) is 1.15. The maximum atomic E-state index is 3.69. The van der Waals surface area contributed by atoms with Gasteiger partial charge in [0.05, 0.1) is 0 Å². The van der Waals surface area contributed by atoms with E-state index in [1.54, 1.807) is 0 Å². The van der Waals surface area contributed by atoms with Crippen molar-refractivity contribution in [1.29, 1.82) is 0 Å². The molecule has 0 fully saturated rings. The van der Waals surface area contributed by atoms with Crippen LogP contribution in [-0.2, 0) is 20.1 Å². The van der Waals surface area contributed by atoms with Crippen molar-refractivity contribution < 1.29 is 13.7 Å². The molecule has 0 aliphatic heterocycles. The van der Waals surface area contributed by atoms with Crippen molar-refractivity contribution in [3.8, 4) is 0 Å². The third kappa shape index (κ3) is 9.14. The Bertz CT molecular complexity index is 158. The minimum atomic E-state index is 0. The Morgan fingerprint density at radius 2 is 1.92 bits per heavy atom. The topological polar surface area (TPSA) is 0 Å². The molecule has 75 valence electrons. The van der Waals surface area contributed by atoms with Gasteiger partial charge in [-0.2, -0.15) is 55.7 Å². The molecule has 1 aromatic rings. The summed E-state index contributed by atoms with van der Waals surface area (Å²) >= 11 is 6.25. The van der Waals surface area contributed by atoms with Crippen molar-refractivity contribution in [2.24, 2.45) is 0 Å². The van der Waals surface area contributed by atoms with Crippen LogP contribution in [0.1, 0.15) is 12.5 Å². The van der Waals surface area contributed by atoms with Crippen LogP contribution in [0, 0.1) is 6.07 Å². The summed E-state index contributed by atoms with van der Waals surface area (Å²) in [6, 6.07) is 11.2. The van der Waals surface area contributed by atoms with E-state index in [-0.39, 0.29) is 19.8 Å². The van der Waals surface area contributed by atoms with E-state index in [1.165, 1.54) is 5.56 Å². The molecule has 0 heterocycles. The first-order valence-electron chi connectivity index (χ1n) is 3.01. The summed E-state index contributed by atoms with van der Waals surface area (Å²) in [5, 5.41) is 0. The summed E-state index contributed by atoms with van der Waals surface area (Å²) in [6.45, 7) is 2.13. The normalized spacial score (nSPS) is 6.67. The predicted octanol–water partition coefficient (Wildman–Crippen LogP) is 3.01. The fraction of sp³-hybridized carbons (Fsp3) is 0.250. The van der Waals surface area contributed by atoms with Gasteiger partial charge in [-0.1, -0.05) is 13.3 Å². The van der Waals surface area contributed by atoms with Crippen molar-refractivity contribution in [3.05, 3.63) is 35.9 Å². The summed E-state index contributed by atoms with van der Waals surface area (Å²) in [5.41, 5.74) is 1.28. The van der Waals surface area contributed by atoms with Crippen LogP contribution < -0.4 is 0 Å². The zero-order valence-electron chi connectivity index (χ0n) is 7.12. The van der Waals surface area contributed by atoms with Crippen LogP contribution >= 0.6 is 34.0 Å². The van der Waals surface area contributed by atoms with Crippen molar-refractivity contribution in [2.75, 3.05) is 0 Å². The number of benzene rings is 1. The zero-order chi connectivity index (χ0) is 7.82. The molecule has 0 spiro atoms. The first-order valence-corrected chi connectivity index (χ1v) is 5.45. The molecule has 1 rings (SSSR count). The van der Waals surface area contributed by atoms with Gasteiger partial charge in [-0.3, -0.25) is 0 Å². The molecule has 4 heteroatoms. The van der Waals surface area contributed by atoms with Crippen molar-refractivity contribution in [2.45, 2.75) is 13.3 Å². The van der Waals surface area contributed by atoms with E-state index in [0.717, 1.165) is 6.42 Å². The molecule has 0 aliphatic carbocycles. The predicted molar refractivity (Wildman–Crippen MR) is 65.8 cm³/mol. The molecule has 0 radical (unpaired) electrons. The Morgan fingerprint density at radius 3 is 2.17 bits per heavy atom. The summed E-state index contributed by atoms with van der Waals surface area (Å²) in [6.07, 6.45) is 1.08. The molecular formula is C8H15BrNiP2-. The van der Waals surface area contributed by atoms with Crippen molar-refractivity contribution in [3.63, 3.8) is 0 Å². The van der Waals surface area contributed by atoms with Crippen molar-refractivity contribution in [1.82, 2.24) is 0 Å². The molecule has 0 nitrogen and oxygen atoms in total. The van der Waals surface area contributed by atoms with Gasteiger partial charge in [-0.05, 0) is 0 Å². The average molecular weight is 312 g/mol. The van der Waals surface area contributed by atoms with Gasteiger partial charge in [-0.25, -0.2) is 0 Å². The molecule has 0 aliphatic rings. The van der Waals surface area contributed by atoms with Gasteiger partial charge in [-0.15, -0.1) is 0 Å². The second-order valence-corrected chi connectivity index (χ2v) is 1.74.